The predicted octanol–water partition coefficient (Wildman–Crippen LogP) is 4.62. The molecular weight excluding hydrogens is 266 g/mol. The average Bonchev–Trinajstić information content (AvgIpc) is 3.03. The summed E-state index contributed by atoms with van der Waals surface area (Å²) in [5.74, 6) is 0.802. The van der Waals surface area contributed by atoms with Gasteiger partial charge in [0, 0.05) is 6.04 Å². The van der Waals surface area contributed by atoms with Crippen molar-refractivity contribution in [1.82, 2.24) is 4.90 Å². The molecule has 0 spiro atoms. The van der Waals surface area contributed by atoms with Crippen molar-refractivity contribution < 1.29 is 0 Å². The number of rotatable bonds is 4. The van der Waals surface area contributed by atoms with E-state index in [0.29, 0.717) is 0 Å². The van der Waals surface area contributed by atoms with E-state index in [0.717, 1.165) is 18.4 Å². The van der Waals surface area contributed by atoms with Crippen LogP contribution in [-0.2, 0) is 6.42 Å². The molecule has 1 nitrogen and oxygen atoms in total. The molecule has 0 unspecified atom stereocenters. The molecule has 1 heterocycles. The third kappa shape index (κ3) is 2.96. The molecule has 0 N–H and O–H groups in total. The highest BCUT2D eigenvalue weighted by atomic mass is 15.2. The first-order valence-corrected chi connectivity index (χ1v) is 8.75. The van der Waals surface area contributed by atoms with E-state index in [1.54, 1.807) is 5.56 Å². The Kier molecular flexibility index (Phi) is 3.99. The molecule has 2 aromatic carbocycles. The first-order chi connectivity index (χ1) is 10.9. The van der Waals surface area contributed by atoms with Crippen LogP contribution in [0.25, 0.3) is 0 Å². The molecule has 0 atom stereocenters. The van der Waals surface area contributed by atoms with Crippen LogP contribution in [0.2, 0.25) is 0 Å². The Hall–Kier alpha value is -1.60. The minimum absolute atomic E-state index is 0.802. The van der Waals surface area contributed by atoms with Gasteiger partial charge in [-0.1, -0.05) is 54.6 Å². The second-order valence-corrected chi connectivity index (χ2v) is 6.97. The standard InChI is InChI=1S/C21H25N/c1-2-6-17(7-3-1)14-18-8-10-19(11-9-18)20-15-21(16-20)22-12-4-5-13-22/h1-3,6-11,20-21H,4-5,12-16H2. The molecule has 22 heavy (non-hydrogen) atoms. The Morgan fingerprint density at radius 2 is 1.41 bits per heavy atom. The summed E-state index contributed by atoms with van der Waals surface area (Å²) in [6.45, 7) is 2.68. The summed E-state index contributed by atoms with van der Waals surface area (Å²) >= 11 is 0. The van der Waals surface area contributed by atoms with Crippen LogP contribution >= 0.6 is 0 Å². The second-order valence-electron chi connectivity index (χ2n) is 6.97. The zero-order chi connectivity index (χ0) is 14.8. The molecule has 1 heteroatoms. The Morgan fingerprint density at radius 3 is 2.09 bits per heavy atom. The molecule has 1 aliphatic heterocycles. The van der Waals surface area contributed by atoms with Crippen LogP contribution in [-0.4, -0.2) is 24.0 Å². The number of hydrogen-bond donors (Lipinski definition) is 0. The fourth-order valence-corrected chi connectivity index (χ4v) is 4.00. The smallest absolute Gasteiger partial charge is 0.0107 e. The van der Waals surface area contributed by atoms with Crippen molar-refractivity contribution in [3.05, 3.63) is 71.3 Å². The van der Waals surface area contributed by atoms with Crippen LogP contribution in [0.3, 0.4) is 0 Å². The lowest BCUT2D eigenvalue weighted by atomic mass is 9.75. The fraction of sp³-hybridized carbons (Fsp3) is 0.429. The predicted molar refractivity (Wildman–Crippen MR) is 92.3 cm³/mol. The van der Waals surface area contributed by atoms with E-state index in [4.69, 9.17) is 0 Å². The van der Waals surface area contributed by atoms with E-state index < -0.39 is 0 Å². The van der Waals surface area contributed by atoms with Crippen molar-refractivity contribution in [2.45, 2.75) is 44.1 Å². The molecule has 0 bridgehead atoms. The molecule has 2 aromatic rings. The van der Waals surface area contributed by atoms with Gasteiger partial charge in [0.1, 0.15) is 0 Å². The third-order valence-electron chi connectivity index (χ3n) is 5.47. The summed E-state index contributed by atoms with van der Waals surface area (Å²) < 4.78 is 0. The lowest BCUT2D eigenvalue weighted by Crippen LogP contribution is -2.42. The molecular formula is C21H25N. The summed E-state index contributed by atoms with van der Waals surface area (Å²) in [5.41, 5.74) is 4.37. The molecule has 114 valence electrons. The van der Waals surface area contributed by atoms with Crippen LogP contribution in [0.5, 0.6) is 0 Å². The Morgan fingerprint density at radius 1 is 0.773 bits per heavy atom. The van der Waals surface area contributed by atoms with E-state index in [9.17, 15) is 0 Å². The first kappa shape index (κ1) is 14.0. The SMILES string of the molecule is c1ccc(Cc2ccc(C3CC(N4CCCC4)C3)cc2)cc1. The van der Waals surface area contributed by atoms with Gasteiger partial charge >= 0.3 is 0 Å². The van der Waals surface area contributed by atoms with Gasteiger partial charge in [0.2, 0.25) is 0 Å². The van der Waals surface area contributed by atoms with Crippen molar-refractivity contribution in [2.75, 3.05) is 13.1 Å². The highest BCUT2D eigenvalue weighted by molar-refractivity contribution is 5.31. The van der Waals surface area contributed by atoms with Gasteiger partial charge in [-0.05, 0) is 67.8 Å². The lowest BCUT2D eigenvalue weighted by Gasteiger charge is -2.41. The van der Waals surface area contributed by atoms with Gasteiger partial charge in [0.05, 0.1) is 0 Å². The van der Waals surface area contributed by atoms with Crippen molar-refractivity contribution in [1.29, 1.82) is 0 Å². The van der Waals surface area contributed by atoms with Crippen molar-refractivity contribution in [3.63, 3.8) is 0 Å². The maximum Gasteiger partial charge on any atom is 0.0107 e. The molecule has 0 amide bonds. The van der Waals surface area contributed by atoms with Crippen molar-refractivity contribution in [2.24, 2.45) is 0 Å². The van der Waals surface area contributed by atoms with Crippen molar-refractivity contribution >= 4 is 0 Å². The molecule has 0 aromatic heterocycles. The summed E-state index contributed by atoms with van der Waals surface area (Å²) in [7, 11) is 0. The van der Waals surface area contributed by atoms with E-state index in [1.165, 1.54) is 49.9 Å². The Balaban J connectivity index is 1.34. The summed E-state index contributed by atoms with van der Waals surface area (Å²) in [4.78, 5) is 2.71. The monoisotopic (exact) mass is 291 g/mol. The molecule has 2 fully saturated rings. The summed E-state index contributed by atoms with van der Waals surface area (Å²) in [5, 5.41) is 0. The number of benzene rings is 2. The lowest BCUT2D eigenvalue weighted by molar-refractivity contribution is 0.136. The first-order valence-electron chi connectivity index (χ1n) is 8.75. The Labute approximate surface area is 134 Å². The van der Waals surface area contributed by atoms with Gasteiger partial charge in [-0.2, -0.15) is 0 Å². The largest absolute Gasteiger partial charge is 0.300 e. The van der Waals surface area contributed by atoms with Crippen LogP contribution < -0.4 is 0 Å². The van der Waals surface area contributed by atoms with Gasteiger partial charge in [-0.25, -0.2) is 0 Å². The van der Waals surface area contributed by atoms with Gasteiger partial charge in [-0.15, -0.1) is 0 Å². The molecule has 1 saturated carbocycles. The minimum Gasteiger partial charge on any atom is -0.300 e. The zero-order valence-electron chi connectivity index (χ0n) is 13.2. The third-order valence-corrected chi connectivity index (χ3v) is 5.47. The maximum absolute atomic E-state index is 2.71. The van der Waals surface area contributed by atoms with Crippen LogP contribution in [0.15, 0.2) is 54.6 Å². The molecule has 1 aliphatic carbocycles. The average molecular weight is 291 g/mol. The summed E-state index contributed by atoms with van der Waals surface area (Å²) in [6.07, 6.45) is 6.61. The van der Waals surface area contributed by atoms with Gasteiger partial charge in [0.15, 0.2) is 0 Å². The molecule has 0 radical (unpaired) electrons. The Bertz CT molecular complexity index is 590. The van der Waals surface area contributed by atoms with Gasteiger partial charge in [0.25, 0.3) is 0 Å². The van der Waals surface area contributed by atoms with Crippen LogP contribution in [0.1, 0.15) is 48.3 Å². The van der Waals surface area contributed by atoms with E-state index in [-0.39, 0.29) is 0 Å². The second kappa shape index (κ2) is 6.26. The van der Waals surface area contributed by atoms with Gasteiger partial charge < -0.3 is 4.90 Å². The molecule has 4 rings (SSSR count). The van der Waals surface area contributed by atoms with E-state index in [1.807, 2.05) is 0 Å². The highest BCUT2D eigenvalue weighted by Crippen LogP contribution is 2.40. The topological polar surface area (TPSA) is 3.24 Å². The maximum atomic E-state index is 2.71. The number of hydrogen-bond acceptors (Lipinski definition) is 1. The summed E-state index contributed by atoms with van der Waals surface area (Å²) in [6, 6.07) is 21.0. The molecule has 1 saturated heterocycles. The highest BCUT2D eigenvalue weighted by Gasteiger charge is 2.35. The van der Waals surface area contributed by atoms with Gasteiger partial charge in [-0.3, -0.25) is 0 Å². The zero-order valence-corrected chi connectivity index (χ0v) is 13.2. The quantitative estimate of drug-likeness (QED) is 0.794. The number of likely N-dealkylation sites (tertiary alicyclic amines) is 1. The van der Waals surface area contributed by atoms with E-state index >= 15 is 0 Å². The van der Waals surface area contributed by atoms with E-state index in [2.05, 4.69) is 59.5 Å². The molecule has 2 aliphatic rings. The van der Waals surface area contributed by atoms with Crippen LogP contribution in [0.4, 0.5) is 0 Å². The number of nitrogens with zero attached hydrogens (tertiary/aromatic N) is 1. The minimum atomic E-state index is 0.802. The normalized spacial score (nSPS) is 25.1. The van der Waals surface area contributed by atoms with Crippen LogP contribution in [0, 0.1) is 0 Å². The van der Waals surface area contributed by atoms with Crippen molar-refractivity contribution in [3.8, 4) is 0 Å². The fourth-order valence-electron chi connectivity index (χ4n) is 4.00.